The Hall–Kier alpha value is -6.28. The number of aromatic nitrogens is 6. The molecule has 0 atom stereocenters. The zero-order valence-electron chi connectivity index (χ0n) is 32.3. The summed E-state index contributed by atoms with van der Waals surface area (Å²) in [6, 6.07) is 9.29. The van der Waals surface area contributed by atoms with Crippen molar-refractivity contribution in [3.63, 3.8) is 0 Å². The molecule has 2 aliphatic heterocycles. The van der Waals surface area contributed by atoms with Crippen LogP contribution in [0.15, 0.2) is 49.1 Å². The minimum absolute atomic E-state index is 0.0130. The second kappa shape index (κ2) is 15.3. The molecule has 17 nitrogen and oxygen atoms in total. The maximum atomic E-state index is 13.9. The average Bonchev–Trinajstić information content (AvgIpc) is 3.79. The molecule has 2 fully saturated rings. The van der Waals surface area contributed by atoms with Gasteiger partial charge in [0.1, 0.15) is 35.5 Å². The normalized spacial score (nSPS) is 18.6. The highest BCUT2D eigenvalue weighted by Crippen LogP contribution is 2.41. The molecule has 57 heavy (non-hydrogen) atoms. The molecular weight excluding hydrogens is 733 g/mol. The first-order valence-corrected chi connectivity index (χ1v) is 19.1. The number of carbonyl (C=O) groups is 3. The predicted octanol–water partition coefficient (Wildman–Crippen LogP) is 4.56. The Kier molecular flexibility index (Phi) is 10.1. The van der Waals surface area contributed by atoms with Gasteiger partial charge in [-0.25, -0.2) is 19.0 Å². The number of rotatable bonds is 9. The van der Waals surface area contributed by atoms with Gasteiger partial charge in [-0.05, 0) is 58.8 Å². The van der Waals surface area contributed by atoms with Crippen LogP contribution in [0.2, 0.25) is 0 Å². The van der Waals surface area contributed by atoms with Gasteiger partial charge in [-0.1, -0.05) is 0 Å². The number of carbonyl (C=O) groups excluding carboxylic acids is 3. The van der Waals surface area contributed by atoms with Crippen molar-refractivity contribution in [1.82, 2.24) is 39.6 Å². The van der Waals surface area contributed by atoms with Gasteiger partial charge in [-0.3, -0.25) is 19.5 Å². The second-order valence-electron chi connectivity index (χ2n) is 15.5. The summed E-state index contributed by atoms with van der Waals surface area (Å²) in [5.41, 5.74) is 2.87. The lowest BCUT2D eigenvalue weighted by Crippen LogP contribution is -2.42. The Morgan fingerprint density at radius 2 is 1.86 bits per heavy atom. The van der Waals surface area contributed by atoms with Crippen molar-refractivity contribution < 1.29 is 33.3 Å². The molecule has 0 unspecified atom stereocenters. The molecule has 296 valence electrons. The first-order chi connectivity index (χ1) is 27.5. The van der Waals surface area contributed by atoms with Crippen molar-refractivity contribution in [3.05, 3.63) is 54.7 Å². The zero-order valence-corrected chi connectivity index (χ0v) is 32.3. The smallest absolute Gasteiger partial charge is 0.415 e. The van der Waals surface area contributed by atoms with Gasteiger partial charge in [0.15, 0.2) is 11.3 Å². The van der Waals surface area contributed by atoms with Gasteiger partial charge in [0.25, 0.3) is 5.91 Å². The third kappa shape index (κ3) is 7.64. The Morgan fingerprint density at radius 1 is 1.05 bits per heavy atom. The lowest BCUT2D eigenvalue weighted by molar-refractivity contribution is -0.161. The van der Waals surface area contributed by atoms with Crippen LogP contribution in [0, 0.1) is 23.2 Å². The van der Waals surface area contributed by atoms with Crippen LogP contribution in [0.3, 0.4) is 0 Å². The van der Waals surface area contributed by atoms with Crippen LogP contribution in [0.4, 0.5) is 10.5 Å². The van der Waals surface area contributed by atoms with E-state index in [-0.39, 0.29) is 48.7 Å². The molecule has 5 aromatic rings. The zero-order chi connectivity index (χ0) is 39.8. The van der Waals surface area contributed by atoms with Crippen LogP contribution in [0.5, 0.6) is 11.5 Å². The van der Waals surface area contributed by atoms with E-state index in [0.717, 1.165) is 0 Å². The van der Waals surface area contributed by atoms with Gasteiger partial charge in [0.2, 0.25) is 0 Å². The molecule has 4 aromatic heterocycles. The number of hydrogen-bond acceptors (Lipinski definition) is 13. The fourth-order valence-electron chi connectivity index (χ4n) is 7.42. The first kappa shape index (κ1) is 37.6. The highest BCUT2D eigenvalue weighted by molar-refractivity contribution is 6.06. The van der Waals surface area contributed by atoms with E-state index < -0.39 is 11.7 Å². The van der Waals surface area contributed by atoms with E-state index in [1.54, 1.807) is 52.2 Å². The number of likely N-dealkylation sites (tertiary alicyclic amines) is 1. The number of ether oxygens (including phenoxy) is 4. The molecule has 0 spiro atoms. The summed E-state index contributed by atoms with van der Waals surface area (Å²) in [7, 11) is 1.52. The van der Waals surface area contributed by atoms with E-state index in [9.17, 15) is 14.4 Å². The van der Waals surface area contributed by atoms with Crippen LogP contribution in [-0.2, 0) is 14.3 Å². The number of piperidine rings is 1. The van der Waals surface area contributed by atoms with Crippen LogP contribution in [-0.4, -0.2) is 110 Å². The monoisotopic (exact) mass is 776 g/mol. The van der Waals surface area contributed by atoms with Crippen molar-refractivity contribution in [2.45, 2.75) is 58.2 Å². The molecule has 0 bridgehead atoms. The van der Waals surface area contributed by atoms with Gasteiger partial charge in [-0.2, -0.15) is 15.5 Å². The Bertz CT molecular complexity index is 2380. The fraction of sp³-hybridized carbons (Fsp3) is 0.450. The van der Waals surface area contributed by atoms with Crippen LogP contribution >= 0.6 is 0 Å². The van der Waals surface area contributed by atoms with E-state index >= 15 is 0 Å². The molecule has 1 saturated heterocycles. The molecule has 1 aliphatic carbocycles. The van der Waals surface area contributed by atoms with E-state index in [0.29, 0.717) is 103 Å². The third-order valence-corrected chi connectivity index (χ3v) is 10.5. The number of methoxy groups -OCH3 is 1. The van der Waals surface area contributed by atoms with Crippen molar-refractivity contribution in [1.29, 1.82) is 5.26 Å². The molecule has 17 heteroatoms. The molecule has 0 radical (unpaired) electrons. The van der Waals surface area contributed by atoms with Crippen LogP contribution in [0.1, 0.15) is 56.9 Å². The Morgan fingerprint density at radius 3 is 2.61 bits per heavy atom. The van der Waals surface area contributed by atoms with Gasteiger partial charge < -0.3 is 29.2 Å². The summed E-state index contributed by atoms with van der Waals surface area (Å²) in [5.74, 6) is 0.0696. The molecule has 1 saturated carbocycles. The number of nitrogens with zero attached hydrogens (tertiary/aromatic N) is 9. The standard InChI is InChI=1S/C40H44N10O7/c1-40(2,3)57-39(53)48-14-15-55-34-20-32(33(54-4)19-31(34)48)50-30-18-29(27-23-45-49-10-5-8-42-36(27)49)44-22-28(30)35(46-50)37(51)43-9-13-47-11-6-25(7-12-47)38(52)56-26-16-24(17-26)21-41/h5,8,10,18-20,22-26H,6-7,9,11-17H2,1-4H3,(H,43,51). The van der Waals surface area contributed by atoms with Crippen molar-refractivity contribution in [2.24, 2.45) is 11.8 Å². The van der Waals surface area contributed by atoms with Crippen molar-refractivity contribution in [2.75, 3.05) is 51.3 Å². The average molecular weight is 777 g/mol. The highest BCUT2D eigenvalue weighted by atomic mass is 16.6. The molecule has 1 aromatic carbocycles. The van der Waals surface area contributed by atoms with Crippen LogP contribution < -0.4 is 19.7 Å². The Balaban J connectivity index is 1.05. The van der Waals surface area contributed by atoms with Crippen molar-refractivity contribution in [3.8, 4) is 34.5 Å². The minimum atomic E-state index is -0.695. The SMILES string of the molecule is COc1cc2c(cc1-n1nc(C(=O)NCCN3CCC(C(=O)OC4CC(C#N)C4)CC3)c3cnc(-c4cnn5cccnc45)cc31)OCCN2C(=O)OC(C)(C)C. The number of esters is 1. The summed E-state index contributed by atoms with van der Waals surface area (Å²) in [6.45, 7) is 8.32. The summed E-state index contributed by atoms with van der Waals surface area (Å²) in [6.07, 6.45) is 8.73. The first-order valence-electron chi connectivity index (χ1n) is 19.1. The van der Waals surface area contributed by atoms with E-state index in [1.807, 2.05) is 26.8 Å². The largest absolute Gasteiger partial charge is 0.494 e. The van der Waals surface area contributed by atoms with Gasteiger partial charge in [0.05, 0.1) is 65.6 Å². The number of nitrogens with one attached hydrogen (secondary N) is 1. The minimum Gasteiger partial charge on any atom is -0.494 e. The molecule has 2 amide bonds. The number of amides is 2. The lowest BCUT2D eigenvalue weighted by Gasteiger charge is -2.34. The summed E-state index contributed by atoms with van der Waals surface area (Å²) in [4.78, 5) is 52.8. The van der Waals surface area contributed by atoms with E-state index in [1.165, 1.54) is 12.0 Å². The van der Waals surface area contributed by atoms with Crippen molar-refractivity contribution >= 4 is 40.2 Å². The fourth-order valence-corrected chi connectivity index (χ4v) is 7.42. The number of fused-ring (bicyclic) bond motifs is 3. The van der Waals surface area contributed by atoms with Gasteiger partial charge in [-0.15, -0.1) is 0 Å². The summed E-state index contributed by atoms with van der Waals surface area (Å²) >= 11 is 0. The number of hydrogen-bond donors (Lipinski definition) is 1. The lowest BCUT2D eigenvalue weighted by atomic mass is 9.83. The summed E-state index contributed by atoms with van der Waals surface area (Å²) < 4.78 is 26.5. The maximum Gasteiger partial charge on any atom is 0.415 e. The molecule has 6 heterocycles. The van der Waals surface area contributed by atoms with Crippen LogP contribution in [0.25, 0.3) is 33.5 Å². The van der Waals surface area contributed by atoms with E-state index in [4.69, 9.17) is 34.3 Å². The molecular formula is C40H44N10O7. The number of pyridine rings is 1. The van der Waals surface area contributed by atoms with Gasteiger partial charge >= 0.3 is 12.1 Å². The van der Waals surface area contributed by atoms with Gasteiger partial charge in [0, 0.05) is 56.7 Å². The summed E-state index contributed by atoms with van der Waals surface area (Å²) in [5, 5.41) is 21.8. The quantitative estimate of drug-likeness (QED) is 0.205. The molecule has 3 aliphatic rings. The highest BCUT2D eigenvalue weighted by Gasteiger charge is 2.35. The molecule has 1 N–H and O–H groups in total. The number of nitriles is 1. The predicted molar refractivity (Wildman–Crippen MR) is 206 cm³/mol. The topological polar surface area (TPSA) is 191 Å². The third-order valence-electron chi connectivity index (χ3n) is 10.5. The Labute approximate surface area is 328 Å². The number of benzene rings is 1. The molecule has 8 rings (SSSR count). The maximum absolute atomic E-state index is 13.9. The number of anilines is 1. The second-order valence-corrected chi connectivity index (χ2v) is 15.5. The van der Waals surface area contributed by atoms with E-state index in [2.05, 4.69) is 26.4 Å².